The number of hydrogen-bond donors (Lipinski definition) is 1. The molecule has 1 amide bonds. The molecule has 2 rings (SSSR count). The van der Waals surface area contributed by atoms with Gasteiger partial charge in [0.05, 0.1) is 24.5 Å². The Bertz CT molecular complexity index is 607. The number of rotatable bonds is 4. The van der Waals surface area contributed by atoms with Gasteiger partial charge in [0.2, 0.25) is 15.9 Å². The average molecular weight is 298 g/mol. The van der Waals surface area contributed by atoms with Gasteiger partial charge in [0.15, 0.2) is 0 Å². The van der Waals surface area contributed by atoms with Gasteiger partial charge >= 0.3 is 0 Å². The van der Waals surface area contributed by atoms with E-state index in [9.17, 15) is 13.2 Å². The van der Waals surface area contributed by atoms with Crippen LogP contribution in [0.1, 0.15) is 11.1 Å². The number of benzene rings is 1. The van der Waals surface area contributed by atoms with E-state index >= 15 is 0 Å². The summed E-state index contributed by atoms with van der Waals surface area (Å²) in [6.45, 7) is 3.33. The van der Waals surface area contributed by atoms with E-state index < -0.39 is 15.9 Å². The summed E-state index contributed by atoms with van der Waals surface area (Å²) in [6.07, 6.45) is 0.115. The van der Waals surface area contributed by atoms with Crippen molar-refractivity contribution in [3.8, 4) is 0 Å². The lowest BCUT2D eigenvalue weighted by molar-refractivity contribution is -0.117. The summed E-state index contributed by atoms with van der Waals surface area (Å²) in [7, 11) is -3.49. The van der Waals surface area contributed by atoms with Gasteiger partial charge in [-0.1, -0.05) is 6.07 Å². The van der Waals surface area contributed by atoms with Crippen LogP contribution in [0.4, 0.5) is 0 Å². The molecule has 1 aliphatic rings. The van der Waals surface area contributed by atoms with Crippen molar-refractivity contribution >= 4 is 15.9 Å². The normalized spacial score (nSPS) is 17.1. The largest absolute Gasteiger partial charge is 0.379 e. The van der Waals surface area contributed by atoms with Gasteiger partial charge in [-0.15, -0.1) is 0 Å². The second-order valence-corrected chi connectivity index (χ2v) is 6.69. The predicted molar refractivity (Wildman–Crippen MR) is 73.7 cm³/mol. The molecular weight excluding hydrogens is 280 g/mol. The Morgan fingerprint density at radius 1 is 1.35 bits per heavy atom. The highest BCUT2D eigenvalue weighted by Gasteiger charge is 2.26. The summed E-state index contributed by atoms with van der Waals surface area (Å²) in [4.78, 5) is 11.2. The number of aryl methyl sites for hydroxylation is 1. The molecule has 0 aliphatic carbocycles. The van der Waals surface area contributed by atoms with Gasteiger partial charge in [-0.05, 0) is 30.2 Å². The first-order valence-electron chi connectivity index (χ1n) is 6.37. The van der Waals surface area contributed by atoms with E-state index in [2.05, 4.69) is 0 Å². The predicted octanol–water partition coefficient (Wildman–Crippen LogP) is 0.0437. The number of sulfonamides is 1. The van der Waals surface area contributed by atoms with E-state index in [1.165, 1.54) is 10.4 Å². The third-order valence-electron chi connectivity index (χ3n) is 3.29. The molecule has 0 spiro atoms. The molecule has 0 radical (unpaired) electrons. The van der Waals surface area contributed by atoms with Crippen LogP contribution in [-0.2, 0) is 26.0 Å². The molecule has 1 aromatic carbocycles. The van der Waals surface area contributed by atoms with Gasteiger partial charge in [-0.25, -0.2) is 8.42 Å². The number of nitrogens with two attached hydrogens (primary N) is 1. The van der Waals surface area contributed by atoms with Crippen molar-refractivity contribution in [3.63, 3.8) is 0 Å². The molecule has 6 nitrogen and oxygen atoms in total. The molecule has 1 aromatic rings. The van der Waals surface area contributed by atoms with Crippen LogP contribution in [-0.4, -0.2) is 44.9 Å². The number of carbonyl (C=O) groups excluding carboxylic acids is 1. The van der Waals surface area contributed by atoms with Crippen LogP contribution < -0.4 is 5.73 Å². The Hall–Kier alpha value is -1.44. The lowest BCUT2D eigenvalue weighted by Gasteiger charge is -2.26. The Kier molecular flexibility index (Phi) is 4.42. The van der Waals surface area contributed by atoms with Gasteiger partial charge in [0.1, 0.15) is 0 Å². The van der Waals surface area contributed by atoms with Gasteiger partial charge < -0.3 is 10.5 Å². The zero-order chi connectivity index (χ0) is 14.8. The van der Waals surface area contributed by atoms with Crippen LogP contribution in [0.25, 0.3) is 0 Å². The number of amides is 1. The molecule has 0 unspecified atom stereocenters. The third-order valence-corrected chi connectivity index (χ3v) is 5.18. The number of morpholine rings is 1. The van der Waals surface area contributed by atoms with Crippen molar-refractivity contribution in [1.29, 1.82) is 0 Å². The van der Waals surface area contributed by atoms with E-state index in [1.54, 1.807) is 19.1 Å². The number of ether oxygens (including phenoxy) is 1. The maximum Gasteiger partial charge on any atom is 0.243 e. The van der Waals surface area contributed by atoms with Crippen molar-refractivity contribution < 1.29 is 17.9 Å². The molecule has 2 N–H and O–H groups in total. The summed E-state index contributed by atoms with van der Waals surface area (Å²) < 4.78 is 31.5. The van der Waals surface area contributed by atoms with Crippen LogP contribution in [0.15, 0.2) is 23.1 Å². The lowest BCUT2D eigenvalue weighted by Crippen LogP contribution is -2.40. The molecule has 0 saturated carbocycles. The van der Waals surface area contributed by atoms with Gasteiger partial charge in [-0.2, -0.15) is 4.31 Å². The monoisotopic (exact) mass is 298 g/mol. The van der Waals surface area contributed by atoms with E-state index in [4.69, 9.17) is 10.5 Å². The Morgan fingerprint density at radius 3 is 2.55 bits per heavy atom. The summed E-state index contributed by atoms with van der Waals surface area (Å²) >= 11 is 0. The zero-order valence-corrected chi connectivity index (χ0v) is 12.1. The third kappa shape index (κ3) is 3.17. The molecule has 1 heterocycles. The van der Waals surface area contributed by atoms with Crippen LogP contribution in [0, 0.1) is 6.92 Å². The van der Waals surface area contributed by atoms with Crippen molar-refractivity contribution in [2.75, 3.05) is 26.3 Å². The molecule has 1 saturated heterocycles. The fourth-order valence-corrected chi connectivity index (χ4v) is 3.64. The second-order valence-electron chi connectivity index (χ2n) is 4.75. The Morgan fingerprint density at radius 2 is 2.00 bits per heavy atom. The molecule has 0 atom stereocenters. The summed E-state index contributed by atoms with van der Waals surface area (Å²) in [5.41, 5.74) is 6.65. The summed E-state index contributed by atoms with van der Waals surface area (Å²) in [5.74, 6) is -0.433. The van der Waals surface area contributed by atoms with Crippen LogP contribution in [0.2, 0.25) is 0 Å². The average Bonchev–Trinajstić information content (AvgIpc) is 2.41. The minimum absolute atomic E-state index is 0.115. The fraction of sp³-hybridized carbons (Fsp3) is 0.462. The molecule has 110 valence electrons. The highest BCUT2D eigenvalue weighted by Crippen LogP contribution is 2.20. The molecule has 1 aliphatic heterocycles. The number of primary amides is 1. The van der Waals surface area contributed by atoms with E-state index in [1.807, 2.05) is 0 Å². The van der Waals surface area contributed by atoms with Crippen LogP contribution in [0.5, 0.6) is 0 Å². The number of nitrogens with zero attached hydrogens (tertiary/aromatic N) is 1. The lowest BCUT2D eigenvalue weighted by atomic mass is 10.1. The van der Waals surface area contributed by atoms with E-state index in [0.29, 0.717) is 26.3 Å². The maximum atomic E-state index is 12.5. The molecule has 1 fully saturated rings. The van der Waals surface area contributed by atoms with Crippen molar-refractivity contribution in [2.45, 2.75) is 18.2 Å². The molecule has 20 heavy (non-hydrogen) atoms. The molecule has 0 bridgehead atoms. The first kappa shape index (κ1) is 15.0. The van der Waals surface area contributed by atoms with Crippen molar-refractivity contribution in [3.05, 3.63) is 29.3 Å². The summed E-state index contributed by atoms with van der Waals surface area (Å²) in [6, 6.07) is 4.76. The van der Waals surface area contributed by atoms with E-state index in [0.717, 1.165) is 11.1 Å². The van der Waals surface area contributed by atoms with E-state index in [-0.39, 0.29) is 11.3 Å². The minimum Gasteiger partial charge on any atom is -0.379 e. The quantitative estimate of drug-likeness (QED) is 0.850. The molecule has 0 aromatic heterocycles. The van der Waals surface area contributed by atoms with Crippen LogP contribution >= 0.6 is 0 Å². The molecular formula is C13H18N2O4S. The Balaban J connectivity index is 2.28. The Labute approximate surface area is 118 Å². The van der Waals surface area contributed by atoms with Gasteiger partial charge in [-0.3, -0.25) is 4.79 Å². The smallest absolute Gasteiger partial charge is 0.243 e. The van der Waals surface area contributed by atoms with Gasteiger partial charge in [0.25, 0.3) is 0 Å². The van der Waals surface area contributed by atoms with Crippen molar-refractivity contribution in [1.82, 2.24) is 4.31 Å². The highest BCUT2D eigenvalue weighted by molar-refractivity contribution is 7.89. The van der Waals surface area contributed by atoms with Gasteiger partial charge in [0, 0.05) is 13.1 Å². The number of carbonyl (C=O) groups is 1. The minimum atomic E-state index is -3.49. The summed E-state index contributed by atoms with van der Waals surface area (Å²) in [5, 5.41) is 0. The highest BCUT2D eigenvalue weighted by atomic mass is 32.2. The first-order valence-corrected chi connectivity index (χ1v) is 7.81. The maximum absolute atomic E-state index is 12.5. The zero-order valence-electron chi connectivity index (χ0n) is 11.3. The fourth-order valence-electron chi connectivity index (χ4n) is 2.15. The van der Waals surface area contributed by atoms with Crippen molar-refractivity contribution in [2.24, 2.45) is 5.73 Å². The number of hydrogen-bond acceptors (Lipinski definition) is 4. The SMILES string of the molecule is Cc1cc(S(=O)(=O)N2CCOCC2)ccc1CC(N)=O. The first-order chi connectivity index (χ1) is 9.41. The molecule has 7 heteroatoms. The second kappa shape index (κ2) is 5.90. The van der Waals surface area contributed by atoms with Crippen LogP contribution in [0.3, 0.4) is 0 Å². The standard InChI is InChI=1S/C13H18N2O4S/c1-10-8-12(3-2-11(10)9-13(14)16)20(17,18)15-4-6-19-7-5-15/h2-3,8H,4-7,9H2,1H3,(H2,14,16). The topological polar surface area (TPSA) is 89.7 Å².